The van der Waals surface area contributed by atoms with Crippen molar-refractivity contribution in [2.45, 2.75) is 31.9 Å². The first-order valence-electron chi connectivity index (χ1n) is 8.15. The highest BCUT2D eigenvalue weighted by Gasteiger charge is 2.26. The van der Waals surface area contributed by atoms with Crippen LogP contribution < -0.4 is 5.32 Å². The number of amides is 1. The molecule has 0 fully saturated rings. The largest absolute Gasteiger partial charge is 0.322 e. The zero-order valence-corrected chi connectivity index (χ0v) is 15.0. The Morgan fingerprint density at radius 2 is 2.04 bits per heavy atom. The van der Waals surface area contributed by atoms with Gasteiger partial charge in [-0.15, -0.1) is 23.1 Å². The first-order chi connectivity index (χ1) is 11.6. The number of anilines is 1. The minimum Gasteiger partial charge on any atom is -0.322 e. The van der Waals surface area contributed by atoms with Gasteiger partial charge in [-0.2, -0.15) is 0 Å². The lowest BCUT2D eigenvalue weighted by Gasteiger charge is -2.19. The average Bonchev–Trinajstić information content (AvgIpc) is 2.93. The molecule has 1 atom stereocenters. The summed E-state index contributed by atoms with van der Waals surface area (Å²) >= 11 is 3.45. The molecule has 4 rings (SSSR count). The molecule has 24 heavy (non-hydrogen) atoms. The highest BCUT2D eigenvalue weighted by atomic mass is 32.2. The molecule has 5 heteroatoms. The maximum absolute atomic E-state index is 13.0. The molecule has 2 nitrogen and oxygen atoms in total. The number of carbonyl (C=O) groups excluding carboxylic acids is 1. The fourth-order valence-electron chi connectivity index (χ4n) is 3.28. The number of halogens is 1. The Labute approximate surface area is 149 Å². The molecular weight excluding hydrogens is 341 g/mol. The number of benzene rings is 1. The molecule has 0 saturated heterocycles. The molecule has 0 saturated carbocycles. The number of fused-ring (bicyclic) bond motifs is 3. The average molecular weight is 359 g/mol. The van der Waals surface area contributed by atoms with Crippen LogP contribution in [0.2, 0.25) is 0 Å². The standard InChI is InChI=1S/C19H18FNOS2/c1-11-2-7-14-15-10-23-18(9-17(15)24-16(14)8-11)19(22)21-13-5-3-12(20)4-6-13/h3-6,9,11H,2,7-8,10H2,1H3,(H,21,22)/t11-/m1/s1. The van der Waals surface area contributed by atoms with Gasteiger partial charge in [-0.1, -0.05) is 6.92 Å². The van der Waals surface area contributed by atoms with Crippen LogP contribution in [0, 0.1) is 11.7 Å². The van der Waals surface area contributed by atoms with Gasteiger partial charge in [-0.3, -0.25) is 4.79 Å². The number of thioether (sulfide) groups is 1. The molecule has 1 N–H and O–H groups in total. The first kappa shape index (κ1) is 15.9. The Bertz CT molecular complexity index is 823. The van der Waals surface area contributed by atoms with Crippen molar-refractivity contribution >= 4 is 40.8 Å². The molecule has 1 aliphatic heterocycles. The summed E-state index contributed by atoms with van der Waals surface area (Å²) in [5, 5.41) is 2.85. The number of nitrogens with one attached hydrogen (secondary N) is 1. The van der Waals surface area contributed by atoms with Crippen LogP contribution >= 0.6 is 23.1 Å². The van der Waals surface area contributed by atoms with Crippen LogP contribution in [-0.4, -0.2) is 5.91 Å². The highest BCUT2D eigenvalue weighted by molar-refractivity contribution is 8.03. The third-order valence-electron chi connectivity index (χ3n) is 4.61. The van der Waals surface area contributed by atoms with Crippen LogP contribution in [0.4, 0.5) is 10.1 Å². The van der Waals surface area contributed by atoms with E-state index in [1.165, 1.54) is 52.3 Å². The monoisotopic (exact) mass is 359 g/mol. The van der Waals surface area contributed by atoms with Gasteiger partial charge >= 0.3 is 0 Å². The Morgan fingerprint density at radius 1 is 1.25 bits per heavy atom. The van der Waals surface area contributed by atoms with Gasteiger partial charge in [0.25, 0.3) is 5.91 Å². The van der Waals surface area contributed by atoms with Gasteiger partial charge in [0, 0.05) is 21.2 Å². The van der Waals surface area contributed by atoms with Crippen molar-refractivity contribution in [2.75, 3.05) is 5.32 Å². The first-order valence-corrected chi connectivity index (χ1v) is 9.95. The van der Waals surface area contributed by atoms with Gasteiger partial charge in [0.2, 0.25) is 0 Å². The molecule has 0 unspecified atom stereocenters. The van der Waals surface area contributed by atoms with Crippen molar-refractivity contribution < 1.29 is 9.18 Å². The van der Waals surface area contributed by atoms with Gasteiger partial charge in [-0.25, -0.2) is 4.39 Å². The third kappa shape index (κ3) is 3.03. The Kier molecular flexibility index (Phi) is 4.22. The van der Waals surface area contributed by atoms with E-state index in [-0.39, 0.29) is 11.7 Å². The minimum absolute atomic E-state index is 0.114. The Hall–Kier alpha value is -1.59. The van der Waals surface area contributed by atoms with E-state index in [9.17, 15) is 9.18 Å². The topological polar surface area (TPSA) is 29.1 Å². The number of hydrogen-bond acceptors (Lipinski definition) is 3. The van der Waals surface area contributed by atoms with Crippen LogP contribution in [0.1, 0.15) is 34.2 Å². The molecule has 1 amide bonds. The molecule has 0 spiro atoms. The number of rotatable bonds is 2. The molecule has 0 radical (unpaired) electrons. The van der Waals surface area contributed by atoms with Gasteiger partial charge in [-0.05, 0) is 66.6 Å². The van der Waals surface area contributed by atoms with Crippen molar-refractivity contribution in [3.8, 4) is 0 Å². The van der Waals surface area contributed by atoms with E-state index in [1.807, 2.05) is 17.4 Å². The van der Waals surface area contributed by atoms with Gasteiger partial charge in [0.15, 0.2) is 0 Å². The van der Waals surface area contributed by atoms with E-state index in [0.29, 0.717) is 5.69 Å². The van der Waals surface area contributed by atoms with Gasteiger partial charge < -0.3 is 5.32 Å². The van der Waals surface area contributed by atoms with E-state index < -0.39 is 0 Å². The van der Waals surface area contributed by atoms with Crippen molar-refractivity contribution in [1.29, 1.82) is 0 Å². The zero-order valence-electron chi connectivity index (χ0n) is 13.4. The summed E-state index contributed by atoms with van der Waals surface area (Å²) in [7, 11) is 0. The molecule has 2 aliphatic rings. The summed E-state index contributed by atoms with van der Waals surface area (Å²) < 4.78 is 13.0. The van der Waals surface area contributed by atoms with Crippen LogP contribution in [0.15, 0.2) is 29.2 Å². The lowest BCUT2D eigenvalue weighted by molar-refractivity contribution is -0.112. The molecule has 1 aromatic carbocycles. The van der Waals surface area contributed by atoms with Crippen molar-refractivity contribution in [3.05, 3.63) is 55.9 Å². The molecule has 2 heterocycles. The predicted molar refractivity (Wildman–Crippen MR) is 99.8 cm³/mol. The molecule has 0 bridgehead atoms. The normalized spacial score (nSPS) is 19.2. The minimum atomic E-state index is -0.303. The van der Waals surface area contributed by atoms with Crippen molar-refractivity contribution in [3.63, 3.8) is 0 Å². The molecule has 1 aromatic heterocycles. The van der Waals surface area contributed by atoms with Crippen molar-refractivity contribution in [2.24, 2.45) is 5.92 Å². The fraction of sp³-hybridized carbons (Fsp3) is 0.316. The maximum atomic E-state index is 13.0. The van der Waals surface area contributed by atoms with Gasteiger partial charge in [0.05, 0.1) is 4.91 Å². The SMILES string of the molecule is C[C@@H]1CCc2c(sc3c2CSC(C(=O)Nc2ccc(F)cc2)=C3)C1. The zero-order chi connectivity index (χ0) is 16.7. The van der Waals surface area contributed by atoms with E-state index in [4.69, 9.17) is 0 Å². The second-order valence-electron chi connectivity index (χ2n) is 6.45. The second kappa shape index (κ2) is 6.37. The van der Waals surface area contributed by atoms with Crippen LogP contribution in [0.3, 0.4) is 0 Å². The number of carbonyl (C=O) groups is 1. The predicted octanol–water partition coefficient (Wildman–Crippen LogP) is 5.24. The smallest absolute Gasteiger partial charge is 0.262 e. The highest BCUT2D eigenvalue weighted by Crippen LogP contribution is 2.43. The quantitative estimate of drug-likeness (QED) is 0.794. The lowest BCUT2D eigenvalue weighted by Crippen LogP contribution is -2.14. The van der Waals surface area contributed by atoms with E-state index in [0.717, 1.165) is 16.6 Å². The molecule has 124 valence electrons. The molecule has 2 aromatic rings. The summed E-state index contributed by atoms with van der Waals surface area (Å²) in [6.07, 6.45) is 5.63. The number of thiophene rings is 1. The van der Waals surface area contributed by atoms with E-state index in [2.05, 4.69) is 12.2 Å². The Balaban J connectivity index is 1.56. The van der Waals surface area contributed by atoms with E-state index >= 15 is 0 Å². The maximum Gasteiger partial charge on any atom is 0.262 e. The summed E-state index contributed by atoms with van der Waals surface area (Å²) in [6.45, 7) is 2.31. The van der Waals surface area contributed by atoms with Crippen LogP contribution in [-0.2, 0) is 23.4 Å². The second-order valence-corrected chi connectivity index (χ2v) is 8.61. The Morgan fingerprint density at radius 3 is 2.83 bits per heavy atom. The summed E-state index contributed by atoms with van der Waals surface area (Å²) in [4.78, 5) is 16.0. The van der Waals surface area contributed by atoms with Crippen LogP contribution in [0.5, 0.6) is 0 Å². The molecular formula is C19H18FNOS2. The van der Waals surface area contributed by atoms with E-state index in [1.54, 1.807) is 23.9 Å². The van der Waals surface area contributed by atoms with Gasteiger partial charge in [0.1, 0.15) is 5.82 Å². The summed E-state index contributed by atoms with van der Waals surface area (Å²) in [5.74, 6) is 1.22. The third-order valence-corrected chi connectivity index (χ3v) is 6.90. The number of hydrogen-bond donors (Lipinski definition) is 1. The lowest BCUT2D eigenvalue weighted by atomic mass is 9.88. The fourth-order valence-corrected chi connectivity index (χ4v) is 5.94. The van der Waals surface area contributed by atoms with Crippen LogP contribution in [0.25, 0.3) is 6.08 Å². The summed E-state index contributed by atoms with van der Waals surface area (Å²) in [6, 6.07) is 5.87. The molecule has 1 aliphatic carbocycles. The summed E-state index contributed by atoms with van der Waals surface area (Å²) in [5.41, 5.74) is 3.59. The van der Waals surface area contributed by atoms with Crippen molar-refractivity contribution in [1.82, 2.24) is 0 Å².